The van der Waals surface area contributed by atoms with E-state index in [9.17, 15) is 9.59 Å². The van der Waals surface area contributed by atoms with Gasteiger partial charge < -0.3 is 10.6 Å². The van der Waals surface area contributed by atoms with Crippen molar-refractivity contribution in [2.24, 2.45) is 0 Å². The number of aromatic nitrogens is 1. The van der Waals surface area contributed by atoms with Crippen LogP contribution in [0.3, 0.4) is 0 Å². The van der Waals surface area contributed by atoms with Crippen molar-refractivity contribution in [1.82, 2.24) is 9.69 Å². The Hall–Kier alpha value is -3.51. The fraction of sp³-hybridized carbons (Fsp3) is 0.0870. The third-order valence-corrected chi connectivity index (χ3v) is 5.49. The predicted molar refractivity (Wildman–Crippen MR) is 116 cm³/mol. The highest BCUT2D eigenvalue weighted by Gasteiger charge is 2.19. The first kappa shape index (κ1) is 18.8. The van der Waals surface area contributed by atoms with Crippen LogP contribution in [0.25, 0.3) is 10.1 Å². The highest BCUT2D eigenvalue weighted by Crippen LogP contribution is 2.24. The Bertz CT molecular complexity index is 1170. The molecule has 1 atom stereocenters. The monoisotopic (exact) mass is 401 g/mol. The quantitative estimate of drug-likeness (QED) is 0.492. The van der Waals surface area contributed by atoms with Gasteiger partial charge in [-0.2, -0.15) is 4.37 Å². The molecule has 4 rings (SSSR count). The number of anilines is 1. The minimum Gasteiger partial charge on any atom is -0.345 e. The van der Waals surface area contributed by atoms with E-state index in [-0.39, 0.29) is 17.9 Å². The Morgan fingerprint density at radius 1 is 0.862 bits per heavy atom. The van der Waals surface area contributed by atoms with Gasteiger partial charge in [0.05, 0.1) is 22.0 Å². The van der Waals surface area contributed by atoms with Gasteiger partial charge in [0.25, 0.3) is 11.8 Å². The molecular formula is C23H19N3O2S. The second-order valence-electron chi connectivity index (χ2n) is 6.63. The predicted octanol–water partition coefficient (Wildman–Crippen LogP) is 5.04. The smallest absolute Gasteiger partial charge is 0.276 e. The summed E-state index contributed by atoms with van der Waals surface area (Å²) in [5, 5.41) is 6.63. The van der Waals surface area contributed by atoms with E-state index in [1.807, 2.05) is 61.5 Å². The van der Waals surface area contributed by atoms with Crippen LogP contribution in [0.4, 0.5) is 5.69 Å². The summed E-state index contributed by atoms with van der Waals surface area (Å²) in [4.78, 5) is 25.7. The largest absolute Gasteiger partial charge is 0.345 e. The topological polar surface area (TPSA) is 71.1 Å². The molecule has 144 valence electrons. The van der Waals surface area contributed by atoms with Gasteiger partial charge in [0.15, 0.2) is 0 Å². The van der Waals surface area contributed by atoms with Gasteiger partial charge in [-0.25, -0.2) is 0 Å². The number of nitrogens with one attached hydrogen (secondary N) is 2. The van der Waals surface area contributed by atoms with Gasteiger partial charge in [-0.05, 0) is 42.2 Å². The minimum absolute atomic E-state index is 0.157. The number of hydrogen-bond donors (Lipinski definition) is 2. The molecule has 0 aliphatic heterocycles. The van der Waals surface area contributed by atoms with Crippen LogP contribution >= 0.6 is 11.5 Å². The first-order chi connectivity index (χ1) is 14.1. The van der Waals surface area contributed by atoms with Crippen LogP contribution in [0.5, 0.6) is 0 Å². The molecule has 4 aromatic rings. The molecule has 2 amide bonds. The number of fused-ring (bicyclic) bond motifs is 1. The van der Waals surface area contributed by atoms with Crippen LogP contribution in [-0.2, 0) is 0 Å². The van der Waals surface area contributed by atoms with Gasteiger partial charge >= 0.3 is 0 Å². The first-order valence-corrected chi connectivity index (χ1v) is 10.0. The highest BCUT2D eigenvalue weighted by molar-refractivity contribution is 7.13. The molecule has 0 saturated heterocycles. The molecule has 0 bridgehead atoms. The SMILES string of the molecule is C[C@H](NC(=O)c1ccccc1NC(=O)c1nsc2ccccc12)c1ccccc1. The lowest BCUT2D eigenvalue weighted by molar-refractivity contribution is 0.0941. The van der Waals surface area contributed by atoms with E-state index >= 15 is 0 Å². The summed E-state index contributed by atoms with van der Waals surface area (Å²) in [5.41, 5.74) is 2.23. The van der Waals surface area contributed by atoms with Crippen molar-refractivity contribution in [3.05, 3.63) is 95.7 Å². The molecule has 29 heavy (non-hydrogen) atoms. The van der Waals surface area contributed by atoms with Crippen molar-refractivity contribution >= 4 is 39.1 Å². The zero-order chi connectivity index (χ0) is 20.2. The van der Waals surface area contributed by atoms with Crippen LogP contribution in [0, 0.1) is 0 Å². The Labute approximate surface area is 172 Å². The van der Waals surface area contributed by atoms with Crippen LogP contribution in [-0.4, -0.2) is 16.2 Å². The standard InChI is InChI=1S/C23H19N3O2S/c1-15(16-9-3-2-4-10-16)24-22(27)17-11-5-7-13-19(17)25-23(28)21-18-12-6-8-14-20(18)29-26-21/h2-15H,1H3,(H,24,27)(H,25,28)/t15-/m0/s1. The van der Waals surface area contributed by atoms with E-state index in [0.717, 1.165) is 15.6 Å². The number of amides is 2. The summed E-state index contributed by atoms with van der Waals surface area (Å²) < 4.78 is 5.23. The van der Waals surface area contributed by atoms with Crippen LogP contribution in [0.2, 0.25) is 0 Å². The average Bonchev–Trinajstić information content (AvgIpc) is 3.19. The maximum absolute atomic E-state index is 12.9. The van der Waals surface area contributed by atoms with Crippen molar-refractivity contribution in [1.29, 1.82) is 0 Å². The molecule has 0 unspecified atom stereocenters. The molecule has 6 heteroatoms. The van der Waals surface area contributed by atoms with E-state index in [1.54, 1.807) is 24.3 Å². The first-order valence-electron chi connectivity index (χ1n) is 9.24. The van der Waals surface area contributed by atoms with E-state index in [2.05, 4.69) is 15.0 Å². The zero-order valence-electron chi connectivity index (χ0n) is 15.8. The molecular weight excluding hydrogens is 382 g/mol. The molecule has 1 heterocycles. The van der Waals surface area contributed by atoms with Crippen LogP contribution in [0.15, 0.2) is 78.9 Å². The molecule has 3 aromatic carbocycles. The Morgan fingerprint density at radius 3 is 2.38 bits per heavy atom. The van der Waals surface area contributed by atoms with Gasteiger partial charge in [0, 0.05) is 5.39 Å². The summed E-state index contributed by atoms with van der Waals surface area (Å²) in [5.74, 6) is -0.584. The fourth-order valence-corrected chi connectivity index (χ4v) is 3.89. The van der Waals surface area contributed by atoms with Gasteiger partial charge in [-0.1, -0.05) is 60.7 Å². The summed E-state index contributed by atoms with van der Waals surface area (Å²) in [7, 11) is 0. The minimum atomic E-state index is -0.334. The molecule has 0 radical (unpaired) electrons. The summed E-state index contributed by atoms with van der Waals surface area (Å²) in [6.45, 7) is 1.93. The maximum Gasteiger partial charge on any atom is 0.276 e. The third-order valence-electron chi connectivity index (χ3n) is 4.66. The van der Waals surface area contributed by atoms with E-state index in [1.165, 1.54) is 11.5 Å². The Balaban J connectivity index is 1.55. The van der Waals surface area contributed by atoms with Gasteiger partial charge in [0.1, 0.15) is 5.69 Å². The molecule has 0 aliphatic carbocycles. The summed E-state index contributed by atoms with van der Waals surface area (Å²) in [6.07, 6.45) is 0. The lowest BCUT2D eigenvalue weighted by Gasteiger charge is -2.16. The second-order valence-corrected chi connectivity index (χ2v) is 7.44. The maximum atomic E-state index is 12.9. The normalized spacial score (nSPS) is 11.8. The molecule has 0 spiro atoms. The Kier molecular flexibility index (Phi) is 5.35. The van der Waals surface area contributed by atoms with E-state index in [0.29, 0.717) is 16.9 Å². The van der Waals surface area contributed by atoms with Crippen molar-refractivity contribution in [3.63, 3.8) is 0 Å². The molecule has 1 aromatic heterocycles. The van der Waals surface area contributed by atoms with Crippen molar-refractivity contribution in [2.45, 2.75) is 13.0 Å². The zero-order valence-corrected chi connectivity index (χ0v) is 16.6. The number of carbonyl (C=O) groups is 2. The molecule has 5 nitrogen and oxygen atoms in total. The molecule has 0 aliphatic rings. The molecule has 2 N–H and O–H groups in total. The van der Waals surface area contributed by atoms with Crippen LogP contribution < -0.4 is 10.6 Å². The number of benzene rings is 3. The Morgan fingerprint density at radius 2 is 1.55 bits per heavy atom. The van der Waals surface area contributed by atoms with Gasteiger partial charge in [-0.15, -0.1) is 0 Å². The van der Waals surface area contributed by atoms with Gasteiger partial charge in [-0.3, -0.25) is 9.59 Å². The number of hydrogen-bond acceptors (Lipinski definition) is 4. The fourth-order valence-electron chi connectivity index (χ4n) is 3.12. The van der Waals surface area contributed by atoms with Crippen LogP contribution in [0.1, 0.15) is 39.4 Å². The molecule has 0 fully saturated rings. The average molecular weight is 401 g/mol. The highest BCUT2D eigenvalue weighted by atomic mass is 32.1. The summed E-state index contributed by atoms with van der Waals surface area (Å²) >= 11 is 1.28. The lowest BCUT2D eigenvalue weighted by atomic mass is 10.1. The second kappa shape index (κ2) is 8.24. The van der Waals surface area contributed by atoms with E-state index < -0.39 is 0 Å². The number of nitrogens with zero attached hydrogens (tertiary/aromatic N) is 1. The number of rotatable bonds is 5. The van der Waals surface area contributed by atoms with Crippen molar-refractivity contribution in [3.8, 4) is 0 Å². The summed E-state index contributed by atoms with van der Waals surface area (Å²) in [6, 6.07) is 24.1. The molecule has 0 saturated carbocycles. The van der Waals surface area contributed by atoms with Crippen molar-refractivity contribution in [2.75, 3.05) is 5.32 Å². The third kappa shape index (κ3) is 4.02. The van der Waals surface area contributed by atoms with Gasteiger partial charge in [0.2, 0.25) is 0 Å². The van der Waals surface area contributed by atoms with E-state index in [4.69, 9.17) is 0 Å². The lowest BCUT2D eigenvalue weighted by Crippen LogP contribution is -2.28. The number of para-hydroxylation sites is 1. The number of carbonyl (C=O) groups excluding carboxylic acids is 2. The van der Waals surface area contributed by atoms with Crippen molar-refractivity contribution < 1.29 is 9.59 Å².